The lowest BCUT2D eigenvalue weighted by molar-refractivity contribution is 0.0303. The van der Waals surface area contributed by atoms with Crippen LogP contribution in [0.5, 0.6) is 0 Å². The minimum Gasteiger partial charge on any atom is -0.378 e. The maximum absolute atomic E-state index is 12.5. The van der Waals surface area contributed by atoms with E-state index in [0.717, 1.165) is 23.8 Å². The van der Waals surface area contributed by atoms with Gasteiger partial charge in [-0.1, -0.05) is 26.0 Å². The fourth-order valence-electron chi connectivity index (χ4n) is 3.92. The van der Waals surface area contributed by atoms with Crippen LogP contribution in [0.2, 0.25) is 0 Å². The molecule has 26 heavy (non-hydrogen) atoms. The Morgan fingerprint density at radius 2 is 1.73 bits per heavy atom. The molecule has 2 saturated heterocycles. The van der Waals surface area contributed by atoms with Crippen molar-refractivity contribution in [3.05, 3.63) is 35.4 Å². The number of likely N-dealkylation sites (tertiary alicyclic amines) is 1. The highest BCUT2D eigenvalue weighted by molar-refractivity contribution is 5.94. The number of carbonyl (C=O) groups is 1. The number of hydrogen-bond donors (Lipinski definition) is 0. The molecule has 0 radical (unpaired) electrons. The molecule has 2 fully saturated rings. The average Bonchev–Trinajstić information content (AvgIpc) is 2.68. The number of nitrogens with zero attached hydrogens (tertiary/aromatic N) is 2. The van der Waals surface area contributed by atoms with Crippen LogP contribution >= 0.6 is 0 Å². The van der Waals surface area contributed by atoms with Crippen LogP contribution in [0, 0.1) is 11.8 Å². The SMILES string of the molecule is CC(C)CCN1CCC(Cc2ccc(C(=O)N3CCOCC3)cc2)CC1. The van der Waals surface area contributed by atoms with Crippen molar-refractivity contribution in [2.45, 2.75) is 39.5 Å². The molecule has 0 atom stereocenters. The van der Waals surface area contributed by atoms with E-state index in [-0.39, 0.29) is 5.91 Å². The van der Waals surface area contributed by atoms with Crippen LogP contribution in [0.15, 0.2) is 24.3 Å². The molecule has 1 amide bonds. The normalized spacial score (nSPS) is 19.9. The van der Waals surface area contributed by atoms with Crippen LogP contribution in [-0.2, 0) is 11.2 Å². The number of morpholine rings is 1. The number of amides is 1. The molecule has 4 nitrogen and oxygen atoms in total. The Morgan fingerprint density at radius 1 is 1.08 bits per heavy atom. The van der Waals surface area contributed by atoms with Gasteiger partial charge in [-0.05, 0) is 74.8 Å². The molecule has 3 rings (SSSR count). The Kier molecular flexibility index (Phi) is 7.09. The Bertz CT molecular complexity index is 556. The van der Waals surface area contributed by atoms with Crippen LogP contribution in [0.3, 0.4) is 0 Å². The van der Waals surface area contributed by atoms with Crippen molar-refractivity contribution in [2.24, 2.45) is 11.8 Å². The molecule has 2 heterocycles. The van der Waals surface area contributed by atoms with E-state index in [1.54, 1.807) is 0 Å². The van der Waals surface area contributed by atoms with E-state index in [1.807, 2.05) is 17.0 Å². The number of carbonyl (C=O) groups excluding carboxylic acids is 1. The third-order valence-electron chi connectivity index (χ3n) is 5.75. The minimum absolute atomic E-state index is 0.137. The predicted octanol–water partition coefficient (Wildman–Crippen LogP) is 3.46. The van der Waals surface area contributed by atoms with Gasteiger partial charge >= 0.3 is 0 Å². The Balaban J connectivity index is 1.45. The topological polar surface area (TPSA) is 32.8 Å². The van der Waals surface area contributed by atoms with Gasteiger partial charge in [0.1, 0.15) is 0 Å². The van der Waals surface area contributed by atoms with Gasteiger partial charge in [0.15, 0.2) is 0 Å². The van der Waals surface area contributed by atoms with Gasteiger partial charge in [0.2, 0.25) is 0 Å². The van der Waals surface area contributed by atoms with Crippen LogP contribution in [0.4, 0.5) is 0 Å². The molecule has 0 N–H and O–H groups in total. The Hall–Kier alpha value is -1.39. The zero-order valence-corrected chi connectivity index (χ0v) is 16.5. The largest absolute Gasteiger partial charge is 0.378 e. The summed E-state index contributed by atoms with van der Waals surface area (Å²) in [5.41, 5.74) is 2.17. The lowest BCUT2D eigenvalue weighted by Gasteiger charge is -2.32. The summed E-state index contributed by atoms with van der Waals surface area (Å²) in [5, 5.41) is 0. The second-order valence-corrected chi connectivity index (χ2v) is 8.27. The van der Waals surface area contributed by atoms with E-state index in [9.17, 15) is 4.79 Å². The van der Waals surface area contributed by atoms with Gasteiger partial charge in [0.25, 0.3) is 5.91 Å². The summed E-state index contributed by atoms with van der Waals surface area (Å²) in [7, 11) is 0. The minimum atomic E-state index is 0.137. The van der Waals surface area contributed by atoms with Gasteiger partial charge in [-0.3, -0.25) is 4.79 Å². The van der Waals surface area contributed by atoms with E-state index in [2.05, 4.69) is 30.9 Å². The molecule has 0 spiro atoms. The van der Waals surface area contributed by atoms with Gasteiger partial charge in [-0.15, -0.1) is 0 Å². The summed E-state index contributed by atoms with van der Waals surface area (Å²) in [4.78, 5) is 17.0. The standard InChI is InChI=1S/C22H34N2O2/c1-18(2)7-10-23-11-8-20(9-12-23)17-19-3-5-21(6-4-19)22(25)24-13-15-26-16-14-24/h3-6,18,20H,7-17H2,1-2H3. The first kappa shape index (κ1) is 19.4. The Labute approximate surface area is 158 Å². The van der Waals surface area contributed by atoms with Gasteiger partial charge in [0, 0.05) is 18.7 Å². The molecule has 144 valence electrons. The molecule has 4 heteroatoms. The number of ether oxygens (including phenoxy) is 1. The van der Waals surface area contributed by atoms with Crippen LogP contribution < -0.4 is 0 Å². The van der Waals surface area contributed by atoms with Gasteiger partial charge < -0.3 is 14.5 Å². The average molecular weight is 359 g/mol. The molecule has 0 aromatic heterocycles. The highest BCUT2D eigenvalue weighted by atomic mass is 16.5. The summed E-state index contributed by atoms with van der Waals surface area (Å²) < 4.78 is 5.33. The van der Waals surface area contributed by atoms with Crippen molar-refractivity contribution >= 4 is 5.91 Å². The summed E-state index contributed by atoms with van der Waals surface area (Å²) in [5.74, 6) is 1.72. The van der Waals surface area contributed by atoms with Gasteiger partial charge in [-0.25, -0.2) is 0 Å². The molecule has 1 aromatic rings. The van der Waals surface area contributed by atoms with E-state index in [1.165, 1.54) is 44.5 Å². The molecule has 0 saturated carbocycles. The summed E-state index contributed by atoms with van der Waals surface area (Å²) in [6, 6.07) is 8.31. The van der Waals surface area contributed by atoms with Crippen molar-refractivity contribution in [1.29, 1.82) is 0 Å². The molecular weight excluding hydrogens is 324 g/mol. The molecule has 0 aliphatic carbocycles. The summed E-state index contributed by atoms with van der Waals surface area (Å²) in [6.07, 6.45) is 5.05. The summed E-state index contributed by atoms with van der Waals surface area (Å²) in [6.45, 7) is 11.1. The molecule has 2 aliphatic rings. The third-order valence-corrected chi connectivity index (χ3v) is 5.75. The first-order valence-corrected chi connectivity index (χ1v) is 10.3. The first-order chi connectivity index (χ1) is 12.6. The van der Waals surface area contributed by atoms with Crippen molar-refractivity contribution in [1.82, 2.24) is 9.80 Å². The lowest BCUT2D eigenvalue weighted by Crippen LogP contribution is -2.40. The quantitative estimate of drug-likeness (QED) is 0.781. The highest BCUT2D eigenvalue weighted by Gasteiger charge is 2.21. The number of piperidine rings is 1. The fraction of sp³-hybridized carbons (Fsp3) is 0.682. The highest BCUT2D eigenvalue weighted by Crippen LogP contribution is 2.22. The summed E-state index contributed by atoms with van der Waals surface area (Å²) >= 11 is 0. The molecule has 0 bridgehead atoms. The van der Waals surface area contributed by atoms with Crippen LogP contribution in [0.1, 0.15) is 49.0 Å². The third kappa shape index (κ3) is 5.55. The second kappa shape index (κ2) is 9.52. The Morgan fingerprint density at radius 3 is 2.35 bits per heavy atom. The van der Waals surface area contributed by atoms with E-state index in [4.69, 9.17) is 4.74 Å². The number of rotatable bonds is 6. The van der Waals surface area contributed by atoms with Crippen molar-refractivity contribution in [2.75, 3.05) is 45.9 Å². The van der Waals surface area contributed by atoms with Crippen LogP contribution in [0.25, 0.3) is 0 Å². The van der Waals surface area contributed by atoms with Crippen molar-refractivity contribution in [3.63, 3.8) is 0 Å². The number of benzene rings is 1. The first-order valence-electron chi connectivity index (χ1n) is 10.3. The lowest BCUT2D eigenvalue weighted by atomic mass is 9.89. The molecule has 0 unspecified atom stereocenters. The molecule has 2 aliphatic heterocycles. The number of hydrogen-bond acceptors (Lipinski definition) is 3. The van der Waals surface area contributed by atoms with E-state index >= 15 is 0 Å². The van der Waals surface area contributed by atoms with Crippen LogP contribution in [-0.4, -0.2) is 61.6 Å². The van der Waals surface area contributed by atoms with E-state index < -0.39 is 0 Å². The van der Waals surface area contributed by atoms with Crippen molar-refractivity contribution in [3.8, 4) is 0 Å². The smallest absolute Gasteiger partial charge is 0.254 e. The zero-order chi connectivity index (χ0) is 18.4. The second-order valence-electron chi connectivity index (χ2n) is 8.27. The molecular formula is C22H34N2O2. The zero-order valence-electron chi connectivity index (χ0n) is 16.5. The maximum Gasteiger partial charge on any atom is 0.254 e. The fourth-order valence-corrected chi connectivity index (χ4v) is 3.92. The monoisotopic (exact) mass is 358 g/mol. The van der Waals surface area contributed by atoms with Gasteiger partial charge in [0.05, 0.1) is 13.2 Å². The van der Waals surface area contributed by atoms with Crippen molar-refractivity contribution < 1.29 is 9.53 Å². The van der Waals surface area contributed by atoms with E-state index in [0.29, 0.717) is 26.3 Å². The predicted molar refractivity (Wildman–Crippen MR) is 105 cm³/mol. The molecule has 1 aromatic carbocycles. The maximum atomic E-state index is 12.5. The van der Waals surface area contributed by atoms with Gasteiger partial charge in [-0.2, -0.15) is 0 Å².